The highest BCUT2D eigenvalue weighted by molar-refractivity contribution is 7.99. The van der Waals surface area contributed by atoms with Gasteiger partial charge in [-0.2, -0.15) is 0 Å². The molecule has 4 nitrogen and oxygen atoms in total. The standard InChI is InChI=1S/C10H15N3OS/c1-2-3-7-15-10-8(9(11)13-14)5-4-6-12-10/h4-6,14H,2-3,7H2,1H3,(H2,11,13). The molecule has 1 aromatic rings. The lowest BCUT2D eigenvalue weighted by Gasteiger charge is -2.05. The predicted octanol–water partition coefficient (Wildman–Crippen LogP) is 2.07. The van der Waals surface area contributed by atoms with Crippen LogP contribution in [0, 0.1) is 0 Å². The van der Waals surface area contributed by atoms with Gasteiger partial charge in [0.1, 0.15) is 5.03 Å². The van der Waals surface area contributed by atoms with E-state index in [0.717, 1.165) is 23.6 Å². The summed E-state index contributed by atoms with van der Waals surface area (Å²) in [4.78, 5) is 4.21. The van der Waals surface area contributed by atoms with Crippen LogP contribution < -0.4 is 5.73 Å². The molecule has 0 radical (unpaired) electrons. The van der Waals surface area contributed by atoms with E-state index in [4.69, 9.17) is 10.9 Å². The normalized spacial score (nSPS) is 11.7. The molecule has 0 aromatic carbocycles. The zero-order chi connectivity index (χ0) is 11.1. The second-order valence-corrected chi connectivity index (χ2v) is 4.13. The Labute approximate surface area is 93.6 Å². The number of oxime groups is 1. The van der Waals surface area contributed by atoms with Gasteiger partial charge in [0, 0.05) is 6.20 Å². The molecular weight excluding hydrogens is 210 g/mol. The van der Waals surface area contributed by atoms with Crippen LogP contribution in [0.15, 0.2) is 28.5 Å². The van der Waals surface area contributed by atoms with Crippen LogP contribution in [0.2, 0.25) is 0 Å². The first-order valence-corrected chi connectivity index (χ1v) is 5.83. The van der Waals surface area contributed by atoms with Gasteiger partial charge in [-0.3, -0.25) is 0 Å². The van der Waals surface area contributed by atoms with Gasteiger partial charge in [0.2, 0.25) is 0 Å². The van der Waals surface area contributed by atoms with Crippen molar-refractivity contribution in [1.82, 2.24) is 4.98 Å². The predicted molar refractivity (Wildman–Crippen MR) is 62.4 cm³/mol. The maximum atomic E-state index is 8.61. The van der Waals surface area contributed by atoms with E-state index in [1.54, 1.807) is 30.1 Å². The van der Waals surface area contributed by atoms with Gasteiger partial charge in [-0.1, -0.05) is 18.5 Å². The molecule has 0 aliphatic heterocycles. The lowest BCUT2D eigenvalue weighted by Crippen LogP contribution is -2.14. The number of hydrogen-bond acceptors (Lipinski definition) is 4. The Kier molecular flexibility index (Phi) is 4.97. The smallest absolute Gasteiger partial charge is 0.172 e. The van der Waals surface area contributed by atoms with Crippen molar-refractivity contribution < 1.29 is 5.21 Å². The minimum absolute atomic E-state index is 0.113. The highest BCUT2D eigenvalue weighted by Crippen LogP contribution is 2.20. The average molecular weight is 225 g/mol. The maximum absolute atomic E-state index is 8.61. The van der Waals surface area contributed by atoms with E-state index < -0.39 is 0 Å². The van der Waals surface area contributed by atoms with E-state index in [1.165, 1.54) is 0 Å². The summed E-state index contributed by atoms with van der Waals surface area (Å²) < 4.78 is 0. The number of nitrogens with two attached hydrogens (primary N) is 1. The molecule has 1 heterocycles. The molecule has 0 aliphatic rings. The molecule has 0 saturated heterocycles. The Bertz CT molecular complexity index is 341. The summed E-state index contributed by atoms with van der Waals surface area (Å²) >= 11 is 1.63. The molecule has 82 valence electrons. The summed E-state index contributed by atoms with van der Waals surface area (Å²) in [5.74, 6) is 1.11. The van der Waals surface area contributed by atoms with Gasteiger partial charge in [-0.15, -0.1) is 11.8 Å². The van der Waals surface area contributed by atoms with Crippen LogP contribution in [0.25, 0.3) is 0 Å². The topological polar surface area (TPSA) is 71.5 Å². The molecular formula is C10H15N3OS. The van der Waals surface area contributed by atoms with Crippen molar-refractivity contribution in [3.8, 4) is 0 Å². The number of unbranched alkanes of at least 4 members (excludes halogenated alkanes) is 1. The fraction of sp³-hybridized carbons (Fsp3) is 0.400. The van der Waals surface area contributed by atoms with Gasteiger partial charge >= 0.3 is 0 Å². The van der Waals surface area contributed by atoms with Crippen molar-refractivity contribution in [1.29, 1.82) is 0 Å². The van der Waals surface area contributed by atoms with Crippen LogP contribution in [0.4, 0.5) is 0 Å². The van der Waals surface area contributed by atoms with Crippen molar-refractivity contribution in [2.24, 2.45) is 10.9 Å². The van der Waals surface area contributed by atoms with E-state index in [1.807, 2.05) is 0 Å². The van der Waals surface area contributed by atoms with E-state index in [0.29, 0.717) is 5.56 Å². The molecule has 0 atom stereocenters. The Hall–Kier alpha value is -1.23. The van der Waals surface area contributed by atoms with E-state index in [-0.39, 0.29) is 5.84 Å². The van der Waals surface area contributed by atoms with Crippen molar-refractivity contribution >= 4 is 17.6 Å². The Morgan fingerprint density at radius 1 is 1.67 bits per heavy atom. The summed E-state index contributed by atoms with van der Waals surface area (Å²) in [7, 11) is 0. The van der Waals surface area contributed by atoms with Gasteiger partial charge in [-0.05, 0) is 24.3 Å². The quantitative estimate of drug-likeness (QED) is 0.201. The number of thioether (sulfide) groups is 1. The number of amidine groups is 1. The van der Waals surface area contributed by atoms with Gasteiger partial charge in [0.25, 0.3) is 0 Å². The molecule has 0 amide bonds. The monoisotopic (exact) mass is 225 g/mol. The Morgan fingerprint density at radius 2 is 2.47 bits per heavy atom. The second kappa shape index (κ2) is 6.29. The summed E-state index contributed by atoms with van der Waals surface area (Å²) in [6, 6.07) is 3.58. The van der Waals surface area contributed by atoms with Crippen LogP contribution in [0.5, 0.6) is 0 Å². The molecule has 0 spiro atoms. The largest absolute Gasteiger partial charge is 0.409 e. The van der Waals surface area contributed by atoms with Crippen LogP contribution in [0.3, 0.4) is 0 Å². The second-order valence-electron chi connectivity index (χ2n) is 3.04. The molecule has 1 aromatic heterocycles. The Balaban J connectivity index is 2.77. The molecule has 15 heavy (non-hydrogen) atoms. The van der Waals surface area contributed by atoms with Crippen LogP contribution in [-0.2, 0) is 0 Å². The third-order valence-electron chi connectivity index (χ3n) is 1.89. The fourth-order valence-electron chi connectivity index (χ4n) is 1.07. The summed E-state index contributed by atoms with van der Waals surface area (Å²) in [5.41, 5.74) is 6.24. The first-order chi connectivity index (χ1) is 7.29. The Morgan fingerprint density at radius 3 is 3.13 bits per heavy atom. The first-order valence-electron chi connectivity index (χ1n) is 4.85. The molecule has 1 rings (SSSR count). The molecule has 0 fully saturated rings. The number of aromatic nitrogens is 1. The average Bonchev–Trinajstić information content (AvgIpc) is 2.29. The van der Waals surface area contributed by atoms with Crippen molar-refractivity contribution in [2.45, 2.75) is 24.8 Å². The highest BCUT2D eigenvalue weighted by atomic mass is 32.2. The van der Waals surface area contributed by atoms with Crippen LogP contribution in [0.1, 0.15) is 25.3 Å². The zero-order valence-corrected chi connectivity index (χ0v) is 9.50. The zero-order valence-electron chi connectivity index (χ0n) is 8.68. The summed E-state index contributed by atoms with van der Waals surface area (Å²) in [6.45, 7) is 2.14. The molecule has 3 N–H and O–H groups in total. The van der Waals surface area contributed by atoms with Crippen LogP contribution >= 0.6 is 11.8 Å². The summed E-state index contributed by atoms with van der Waals surface area (Å²) in [6.07, 6.45) is 4.00. The molecule has 0 saturated carbocycles. The minimum Gasteiger partial charge on any atom is -0.409 e. The third kappa shape index (κ3) is 3.43. The maximum Gasteiger partial charge on any atom is 0.172 e. The number of pyridine rings is 1. The van der Waals surface area contributed by atoms with E-state index in [2.05, 4.69) is 17.1 Å². The minimum atomic E-state index is 0.113. The molecule has 0 bridgehead atoms. The van der Waals surface area contributed by atoms with Gasteiger partial charge in [0.05, 0.1) is 5.56 Å². The lowest BCUT2D eigenvalue weighted by molar-refractivity contribution is 0.318. The number of nitrogens with zero attached hydrogens (tertiary/aromatic N) is 2. The van der Waals surface area contributed by atoms with Crippen molar-refractivity contribution in [2.75, 3.05) is 5.75 Å². The lowest BCUT2D eigenvalue weighted by atomic mass is 10.3. The third-order valence-corrected chi connectivity index (χ3v) is 2.98. The summed E-state index contributed by atoms with van der Waals surface area (Å²) in [5, 5.41) is 12.4. The van der Waals surface area contributed by atoms with E-state index in [9.17, 15) is 0 Å². The van der Waals surface area contributed by atoms with Gasteiger partial charge in [-0.25, -0.2) is 4.98 Å². The van der Waals surface area contributed by atoms with E-state index >= 15 is 0 Å². The highest BCUT2D eigenvalue weighted by Gasteiger charge is 2.07. The SMILES string of the molecule is CCCCSc1ncccc1/C(N)=N/O. The fourth-order valence-corrected chi connectivity index (χ4v) is 2.16. The number of hydrogen-bond donors (Lipinski definition) is 2. The van der Waals surface area contributed by atoms with Gasteiger partial charge < -0.3 is 10.9 Å². The number of rotatable bonds is 5. The van der Waals surface area contributed by atoms with Gasteiger partial charge in [0.15, 0.2) is 5.84 Å². The molecule has 5 heteroatoms. The van der Waals surface area contributed by atoms with Crippen LogP contribution in [-0.4, -0.2) is 21.8 Å². The van der Waals surface area contributed by atoms with Crippen molar-refractivity contribution in [3.05, 3.63) is 23.9 Å². The molecule has 0 unspecified atom stereocenters. The van der Waals surface area contributed by atoms with Crippen molar-refractivity contribution in [3.63, 3.8) is 0 Å². The molecule has 0 aliphatic carbocycles. The first kappa shape index (κ1) is 11.8.